The molecule has 8 heteroatoms. The van der Waals surface area contributed by atoms with E-state index in [4.69, 9.17) is 0 Å². The first-order chi connectivity index (χ1) is 10.5. The zero-order chi connectivity index (χ0) is 16.3. The Morgan fingerprint density at radius 1 is 1.36 bits per heavy atom. The Bertz CT molecular complexity index is 763. The van der Waals surface area contributed by atoms with Gasteiger partial charge < -0.3 is 4.57 Å². The Labute approximate surface area is 141 Å². The largest absolute Gasteiger partial charge is 0.329 e. The fourth-order valence-corrected chi connectivity index (χ4v) is 3.75. The molecule has 0 amide bonds. The molecule has 0 saturated carbocycles. The Morgan fingerprint density at radius 3 is 2.73 bits per heavy atom. The molecule has 0 aliphatic carbocycles. The minimum Gasteiger partial charge on any atom is -0.313 e. The van der Waals surface area contributed by atoms with Crippen LogP contribution in [0.25, 0.3) is 11.2 Å². The average molecular weight is 389 g/mol. The van der Waals surface area contributed by atoms with Crippen molar-refractivity contribution in [2.75, 3.05) is 11.1 Å². The molecule has 2 heterocycles. The molecule has 122 valence electrons. The molecule has 0 aromatic carbocycles. The molecule has 22 heavy (non-hydrogen) atoms. The van der Waals surface area contributed by atoms with Gasteiger partial charge in [-0.3, -0.25) is 14.3 Å². The quantitative estimate of drug-likeness (QED) is 0.448. The number of alkyl halides is 1. The number of rotatable bonds is 7. The van der Waals surface area contributed by atoms with Crippen LogP contribution in [0.3, 0.4) is 0 Å². The van der Waals surface area contributed by atoms with Gasteiger partial charge in [0.1, 0.15) is 0 Å². The highest BCUT2D eigenvalue weighted by Gasteiger charge is 2.17. The Hall–Kier alpha value is -1.02. The van der Waals surface area contributed by atoms with E-state index in [1.54, 1.807) is 18.8 Å². The standard InChI is InChI=1S/C14H21BrN4O2S/c1-9(2)5-7-19-10-11(16-14(19)22-8-4-6-15)18(3)13(21)17-12(10)20/h9H,4-8H2,1-3H3,(H,17,20,21). The van der Waals surface area contributed by atoms with Gasteiger partial charge in [-0.05, 0) is 18.8 Å². The van der Waals surface area contributed by atoms with Gasteiger partial charge in [0, 0.05) is 24.7 Å². The number of aryl methyl sites for hydroxylation is 2. The number of aromatic amines is 1. The molecule has 0 aliphatic rings. The van der Waals surface area contributed by atoms with Gasteiger partial charge in [-0.15, -0.1) is 0 Å². The molecule has 2 aromatic heterocycles. The first-order valence-corrected chi connectivity index (χ1v) is 9.44. The molecule has 0 spiro atoms. The van der Waals surface area contributed by atoms with Gasteiger partial charge in [0.15, 0.2) is 16.3 Å². The molecule has 1 N–H and O–H groups in total. The number of H-pyrrole nitrogens is 1. The van der Waals surface area contributed by atoms with Crippen LogP contribution in [0.1, 0.15) is 26.7 Å². The zero-order valence-electron chi connectivity index (χ0n) is 13.1. The molecule has 0 fully saturated rings. The van der Waals surface area contributed by atoms with Crippen LogP contribution in [0, 0.1) is 5.92 Å². The van der Waals surface area contributed by atoms with Crippen LogP contribution in [0.2, 0.25) is 0 Å². The predicted octanol–water partition coefficient (Wildman–Crippen LogP) is 2.35. The second kappa shape index (κ2) is 7.50. The number of hydrogen-bond donors (Lipinski definition) is 1. The summed E-state index contributed by atoms with van der Waals surface area (Å²) in [5, 5.41) is 1.74. The van der Waals surface area contributed by atoms with Gasteiger partial charge in [0.05, 0.1) is 0 Å². The van der Waals surface area contributed by atoms with Crippen LogP contribution in [0.15, 0.2) is 14.7 Å². The molecule has 0 saturated heterocycles. The molecule has 2 aromatic rings. The highest BCUT2D eigenvalue weighted by atomic mass is 79.9. The molecule has 6 nitrogen and oxygen atoms in total. The van der Waals surface area contributed by atoms with E-state index in [-0.39, 0.29) is 5.56 Å². The summed E-state index contributed by atoms with van der Waals surface area (Å²) in [4.78, 5) is 30.9. The van der Waals surface area contributed by atoms with Crippen LogP contribution in [0.5, 0.6) is 0 Å². The summed E-state index contributed by atoms with van der Waals surface area (Å²) >= 11 is 5.04. The van der Waals surface area contributed by atoms with Crippen molar-refractivity contribution >= 4 is 38.9 Å². The van der Waals surface area contributed by atoms with E-state index >= 15 is 0 Å². The lowest BCUT2D eigenvalue weighted by atomic mass is 10.1. The van der Waals surface area contributed by atoms with E-state index in [2.05, 4.69) is 39.7 Å². The van der Waals surface area contributed by atoms with Crippen LogP contribution >= 0.6 is 27.7 Å². The number of halogens is 1. The maximum absolute atomic E-state index is 12.2. The predicted molar refractivity (Wildman–Crippen MR) is 94.2 cm³/mol. The number of nitrogens with one attached hydrogen (secondary N) is 1. The van der Waals surface area contributed by atoms with Gasteiger partial charge in [0.25, 0.3) is 5.56 Å². The molecular weight excluding hydrogens is 368 g/mol. The third-order valence-electron chi connectivity index (χ3n) is 3.41. The van der Waals surface area contributed by atoms with Crippen LogP contribution in [-0.2, 0) is 13.6 Å². The third kappa shape index (κ3) is 3.65. The lowest BCUT2D eigenvalue weighted by Gasteiger charge is -2.10. The van der Waals surface area contributed by atoms with Crippen LogP contribution in [0.4, 0.5) is 0 Å². The van der Waals surface area contributed by atoms with Crippen molar-refractivity contribution in [1.82, 2.24) is 19.1 Å². The van der Waals surface area contributed by atoms with Crippen molar-refractivity contribution < 1.29 is 0 Å². The lowest BCUT2D eigenvalue weighted by Crippen LogP contribution is -2.29. The second-order valence-corrected chi connectivity index (χ2v) is 7.47. The number of nitrogens with zero attached hydrogens (tertiary/aromatic N) is 3. The molecule has 0 bridgehead atoms. The summed E-state index contributed by atoms with van der Waals surface area (Å²) in [5.74, 6) is 1.45. The molecule has 0 aliphatic heterocycles. The summed E-state index contributed by atoms with van der Waals surface area (Å²) < 4.78 is 3.35. The SMILES string of the molecule is CC(C)CCn1c(SCCCBr)nc2c1c(=O)[nH]c(=O)n2C. The first kappa shape index (κ1) is 17.3. The van der Waals surface area contributed by atoms with Gasteiger partial charge >= 0.3 is 5.69 Å². The van der Waals surface area contributed by atoms with Crippen molar-refractivity contribution in [3.05, 3.63) is 20.8 Å². The van der Waals surface area contributed by atoms with Crippen LogP contribution < -0.4 is 11.2 Å². The maximum Gasteiger partial charge on any atom is 0.329 e. The smallest absolute Gasteiger partial charge is 0.313 e. The van der Waals surface area contributed by atoms with Crippen molar-refractivity contribution in [3.8, 4) is 0 Å². The molecule has 0 unspecified atom stereocenters. The minimum atomic E-state index is -0.428. The zero-order valence-corrected chi connectivity index (χ0v) is 15.5. The van der Waals surface area contributed by atoms with E-state index in [1.807, 2.05) is 4.57 Å². The molecule has 0 radical (unpaired) electrons. The van der Waals surface area contributed by atoms with E-state index in [1.165, 1.54) is 4.57 Å². The van der Waals surface area contributed by atoms with Crippen molar-refractivity contribution in [3.63, 3.8) is 0 Å². The van der Waals surface area contributed by atoms with Crippen molar-refractivity contribution in [1.29, 1.82) is 0 Å². The number of aromatic nitrogens is 4. The Kier molecular flexibility index (Phi) is 5.91. The molecule has 2 rings (SSSR count). The van der Waals surface area contributed by atoms with E-state index < -0.39 is 5.69 Å². The minimum absolute atomic E-state index is 0.360. The van der Waals surface area contributed by atoms with Gasteiger partial charge in [-0.1, -0.05) is 41.5 Å². The van der Waals surface area contributed by atoms with Gasteiger partial charge in [-0.2, -0.15) is 0 Å². The molecular formula is C14H21BrN4O2S. The monoisotopic (exact) mass is 388 g/mol. The normalized spacial score (nSPS) is 11.7. The summed E-state index contributed by atoms with van der Waals surface area (Å²) in [7, 11) is 1.63. The summed E-state index contributed by atoms with van der Waals surface area (Å²) in [5.41, 5.74) is 0.160. The number of thioether (sulfide) groups is 1. The Balaban J connectivity index is 2.53. The first-order valence-electron chi connectivity index (χ1n) is 7.34. The van der Waals surface area contributed by atoms with Gasteiger partial charge in [-0.25, -0.2) is 9.78 Å². The number of hydrogen-bond acceptors (Lipinski definition) is 4. The van der Waals surface area contributed by atoms with E-state index in [0.717, 1.165) is 35.6 Å². The van der Waals surface area contributed by atoms with Crippen LogP contribution in [-0.4, -0.2) is 30.2 Å². The average Bonchev–Trinajstić information content (AvgIpc) is 2.82. The summed E-state index contributed by atoms with van der Waals surface area (Å²) in [6, 6.07) is 0. The van der Waals surface area contributed by atoms with Gasteiger partial charge in [0.2, 0.25) is 0 Å². The summed E-state index contributed by atoms with van der Waals surface area (Å²) in [6.07, 6.45) is 1.98. The fourth-order valence-electron chi connectivity index (χ4n) is 2.14. The third-order valence-corrected chi connectivity index (χ3v) is 5.03. The number of imidazole rings is 1. The highest BCUT2D eigenvalue weighted by Crippen LogP contribution is 2.23. The fraction of sp³-hybridized carbons (Fsp3) is 0.643. The van der Waals surface area contributed by atoms with Crippen molar-refractivity contribution in [2.45, 2.75) is 38.4 Å². The topological polar surface area (TPSA) is 72.7 Å². The lowest BCUT2D eigenvalue weighted by molar-refractivity contribution is 0.503. The maximum atomic E-state index is 12.2. The molecule has 0 atom stereocenters. The highest BCUT2D eigenvalue weighted by molar-refractivity contribution is 9.09. The summed E-state index contributed by atoms with van der Waals surface area (Å²) in [6.45, 7) is 5.03. The van der Waals surface area contributed by atoms with E-state index in [0.29, 0.717) is 17.1 Å². The second-order valence-electron chi connectivity index (χ2n) is 5.61. The Morgan fingerprint density at radius 2 is 2.09 bits per heavy atom. The van der Waals surface area contributed by atoms with E-state index in [9.17, 15) is 9.59 Å². The number of fused-ring (bicyclic) bond motifs is 1. The van der Waals surface area contributed by atoms with Crippen molar-refractivity contribution in [2.24, 2.45) is 13.0 Å².